The van der Waals surface area contributed by atoms with Crippen LogP contribution in [0.4, 0.5) is 22.7 Å². The molecule has 41 heavy (non-hydrogen) atoms. The summed E-state index contributed by atoms with van der Waals surface area (Å²) in [6.45, 7) is 10.6. The predicted molar refractivity (Wildman–Crippen MR) is 178 cm³/mol. The average Bonchev–Trinajstić information content (AvgIpc) is 3.23. The maximum Gasteiger partial charge on any atom is 0.0677 e. The van der Waals surface area contributed by atoms with E-state index in [0.29, 0.717) is 6.54 Å². The minimum atomic E-state index is -0.498. The van der Waals surface area contributed by atoms with E-state index in [-0.39, 0.29) is 0 Å². The monoisotopic (exact) mass is 534 g/mol. The molecule has 0 bridgehead atoms. The molecule has 0 aliphatic heterocycles. The van der Waals surface area contributed by atoms with E-state index >= 15 is 0 Å². The number of rotatable bonds is 8. The van der Waals surface area contributed by atoms with Gasteiger partial charge in [0.2, 0.25) is 0 Å². The molecule has 0 saturated heterocycles. The molecule has 4 nitrogen and oxygen atoms in total. The van der Waals surface area contributed by atoms with Crippen LogP contribution in [0.2, 0.25) is 0 Å². The fourth-order valence-corrected chi connectivity index (χ4v) is 6.03. The molecule has 6 rings (SSSR count). The molecule has 0 saturated carbocycles. The summed E-state index contributed by atoms with van der Waals surface area (Å²) in [6.07, 6.45) is 9.59. The second kappa shape index (κ2) is 10.5. The van der Waals surface area contributed by atoms with Gasteiger partial charge in [-0.1, -0.05) is 92.1 Å². The second-order valence-electron chi connectivity index (χ2n) is 10.6. The molecule has 0 heterocycles. The third-order valence-corrected chi connectivity index (χ3v) is 8.08. The van der Waals surface area contributed by atoms with Gasteiger partial charge in [0, 0.05) is 45.2 Å². The Balaban J connectivity index is 1.60. The van der Waals surface area contributed by atoms with Gasteiger partial charge < -0.3 is 16.8 Å². The lowest BCUT2D eigenvalue weighted by molar-refractivity contribution is 0.471. The summed E-state index contributed by atoms with van der Waals surface area (Å²) in [5, 5.41) is 11.8. The zero-order chi connectivity index (χ0) is 28.6. The number of nitrogens with one attached hydrogen (secondary N) is 2. The lowest BCUT2D eigenvalue weighted by Crippen LogP contribution is -2.40. The van der Waals surface area contributed by atoms with E-state index in [2.05, 4.69) is 85.3 Å². The molecule has 0 spiro atoms. The molecule has 1 aliphatic rings. The van der Waals surface area contributed by atoms with Gasteiger partial charge in [0.15, 0.2) is 0 Å². The summed E-state index contributed by atoms with van der Waals surface area (Å²) in [6, 6.07) is 29.4. The van der Waals surface area contributed by atoms with Crippen molar-refractivity contribution in [3.05, 3.63) is 145 Å². The molecule has 0 radical (unpaired) electrons. The first-order valence-corrected chi connectivity index (χ1v) is 13.8. The summed E-state index contributed by atoms with van der Waals surface area (Å²) < 4.78 is 0. The molecule has 6 N–H and O–H groups in total. The van der Waals surface area contributed by atoms with Crippen molar-refractivity contribution in [2.45, 2.75) is 12.5 Å². The van der Waals surface area contributed by atoms with Crippen molar-refractivity contribution in [3.8, 4) is 11.1 Å². The molecule has 1 unspecified atom stereocenters. The van der Waals surface area contributed by atoms with Gasteiger partial charge in [0.05, 0.1) is 11.2 Å². The molecule has 0 aromatic heterocycles. The second-order valence-corrected chi connectivity index (χ2v) is 10.6. The number of benzene rings is 5. The Morgan fingerprint density at radius 3 is 2.27 bits per heavy atom. The highest BCUT2D eigenvalue weighted by Gasteiger charge is 2.40. The first kappa shape index (κ1) is 26.2. The van der Waals surface area contributed by atoms with Crippen molar-refractivity contribution in [1.82, 2.24) is 5.32 Å². The van der Waals surface area contributed by atoms with Crippen molar-refractivity contribution in [1.29, 1.82) is 0 Å². The minimum Gasteiger partial charge on any atom is -0.399 e. The SMILES string of the molecule is C=C/C=C\C(=C\C=C)CNC1(C)c2cc(N)ccc2-c2cc3c(Nc4ccccc4)c4ccccc4c(N)c3cc21. The number of para-hydroxylation sites is 1. The molecule has 0 fully saturated rings. The first-order valence-electron chi connectivity index (χ1n) is 13.8. The maximum atomic E-state index is 6.94. The van der Waals surface area contributed by atoms with Gasteiger partial charge in [0.25, 0.3) is 0 Å². The topological polar surface area (TPSA) is 76.1 Å². The highest BCUT2D eigenvalue weighted by Crippen LogP contribution is 2.52. The zero-order valence-electron chi connectivity index (χ0n) is 23.2. The minimum absolute atomic E-state index is 0.498. The van der Waals surface area contributed by atoms with Crippen LogP contribution in [0.1, 0.15) is 18.1 Å². The van der Waals surface area contributed by atoms with Gasteiger partial charge >= 0.3 is 0 Å². The van der Waals surface area contributed by atoms with Crippen molar-refractivity contribution in [2.75, 3.05) is 23.3 Å². The van der Waals surface area contributed by atoms with Crippen LogP contribution in [0.3, 0.4) is 0 Å². The fourth-order valence-electron chi connectivity index (χ4n) is 6.03. The summed E-state index contributed by atoms with van der Waals surface area (Å²) in [4.78, 5) is 0. The lowest BCUT2D eigenvalue weighted by atomic mass is 9.87. The number of anilines is 4. The standard InChI is InChI=1S/C37H34N4/c1-4-6-13-24(12-5-2)23-40-37(3)33-20-25(38)18-19-27(33)30-21-32-31(22-34(30)37)35(39)28-16-10-11-17-29(28)36(32)41-26-14-8-7-9-15-26/h4-22,40-41H,1-2,23,38-39H2,3H3/b13-6-,24-12-. The van der Waals surface area contributed by atoms with Crippen LogP contribution in [0.15, 0.2) is 134 Å². The number of fused-ring (bicyclic) bond motifs is 5. The van der Waals surface area contributed by atoms with Crippen molar-refractivity contribution >= 4 is 44.3 Å². The van der Waals surface area contributed by atoms with Crippen LogP contribution >= 0.6 is 0 Å². The van der Waals surface area contributed by atoms with E-state index < -0.39 is 5.54 Å². The maximum absolute atomic E-state index is 6.94. The van der Waals surface area contributed by atoms with Crippen molar-refractivity contribution in [2.24, 2.45) is 0 Å². The van der Waals surface area contributed by atoms with E-state index in [1.165, 1.54) is 16.7 Å². The Kier molecular flexibility index (Phi) is 6.70. The number of hydrogen-bond acceptors (Lipinski definition) is 4. The number of hydrogen-bond donors (Lipinski definition) is 4. The summed E-state index contributed by atoms with van der Waals surface area (Å²) in [5.41, 5.74) is 22.1. The van der Waals surface area contributed by atoms with E-state index in [1.807, 2.05) is 54.6 Å². The van der Waals surface area contributed by atoms with Crippen molar-refractivity contribution < 1.29 is 0 Å². The van der Waals surface area contributed by atoms with Gasteiger partial charge in [0.1, 0.15) is 0 Å². The first-order chi connectivity index (χ1) is 19.9. The summed E-state index contributed by atoms with van der Waals surface area (Å²) in [7, 11) is 0. The van der Waals surface area contributed by atoms with E-state index in [4.69, 9.17) is 11.5 Å². The molecular weight excluding hydrogens is 500 g/mol. The number of allylic oxidation sites excluding steroid dienone is 4. The molecule has 1 aliphatic carbocycles. The van der Waals surface area contributed by atoms with E-state index in [9.17, 15) is 0 Å². The van der Waals surface area contributed by atoms with Gasteiger partial charge in [-0.05, 0) is 71.1 Å². The largest absolute Gasteiger partial charge is 0.399 e. The molecule has 202 valence electrons. The third kappa shape index (κ3) is 4.48. The molecule has 5 aromatic rings. The molecule has 5 aromatic carbocycles. The van der Waals surface area contributed by atoms with Crippen molar-refractivity contribution in [3.63, 3.8) is 0 Å². The fraction of sp³-hybridized carbons (Fsp3) is 0.0811. The Bertz CT molecular complexity index is 1880. The quantitative estimate of drug-likeness (QED) is 0.0696. The van der Waals surface area contributed by atoms with Gasteiger partial charge in [-0.25, -0.2) is 0 Å². The highest BCUT2D eigenvalue weighted by molar-refractivity contribution is 6.21. The Hall–Kier alpha value is -5.06. The predicted octanol–water partition coefficient (Wildman–Crippen LogP) is 8.59. The molecule has 4 heteroatoms. The number of nitrogen functional groups attached to an aromatic ring is 2. The zero-order valence-corrected chi connectivity index (χ0v) is 23.2. The normalized spacial score (nSPS) is 16.2. The van der Waals surface area contributed by atoms with Crippen LogP contribution in [0.25, 0.3) is 32.7 Å². The van der Waals surface area contributed by atoms with Crippen LogP contribution < -0.4 is 22.1 Å². The highest BCUT2D eigenvalue weighted by atomic mass is 15.0. The van der Waals surface area contributed by atoms with Gasteiger partial charge in [-0.3, -0.25) is 5.32 Å². The Morgan fingerprint density at radius 1 is 0.780 bits per heavy atom. The summed E-state index contributed by atoms with van der Waals surface area (Å²) >= 11 is 0. The van der Waals surface area contributed by atoms with Crippen LogP contribution in [-0.2, 0) is 5.54 Å². The molecular formula is C37H34N4. The Morgan fingerprint density at radius 2 is 1.51 bits per heavy atom. The average molecular weight is 535 g/mol. The Labute approximate surface area is 241 Å². The van der Waals surface area contributed by atoms with Crippen LogP contribution in [-0.4, -0.2) is 6.54 Å². The smallest absolute Gasteiger partial charge is 0.0677 e. The van der Waals surface area contributed by atoms with E-state index in [0.717, 1.165) is 55.4 Å². The molecule has 1 atom stereocenters. The van der Waals surface area contributed by atoms with Crippen LogP contribution in [0, 0.1) is 0 Å². The third-order valence-electron chi connectivity index (χ3n) is 8.08. The summed E-state index contributed by atoms with van der Waals surface area (Å²) in [5.74, 6) is 0. The number of nitrogens with two attached hydrogens (primary N) is 2. The van der Waals surface area contributed by atoms with E-state index in [1.54, 1.807) is 6.08 Å². The van der Waals surface area contributed by atoms with Gasteiger partial charge in [-0.2, -0.15) is 0 Å². The van der Waals surface area contributed by atoms with Gasteiger partial charge in [-0.15, -0.1) is 0 Å². The lowest BCUT2D eigenvalue weighted by Gasteiger charge is -2.30. The van der Waals surface area contributed by atoms with Crippen LogP contribution in [0.5, 0.6) is 0 Å². The molecule has 0 amide bonds.